The summed E-state index contributed by atoms with van der Waals surface area (Å²) in [5.74, 6) is 0.608. The van der Waals surface area contributed by atoms with Gasteiger partial charge >= 0.3 is 5.97 Å². The molecule has 2 heteroatoms. The highest BCUT2D eigenvalue weighted by Crippen LogP contribution is 2.35. The summed E-state index contributed by atoms with van der Waals surface area (Å²) in [6.45, 7) is 6.50. The van der Waals surface area contributed by atoms with Gasteiger partial charge in [0.15, 0.2) is 0 Å². The van der Waals surface area contributed by atoms with Crippen LogP contribution in [0.3, 0.4) is 0 Å². The zero-order valence-corrected chi connectivity index (χ0v) is 17.4. The Morgan fingerprint density at radius 3 is 1.77 bits per heavy atom. The molecule has 0 bridgehead atoms. The van der Waals surface area contributed by atoms with Gasteiger partial charge < -0.3 is 4.74 Å². The normalized spacial score (nSPS) is 11.5. The van der Waals surface area contributed by atoms with E-state index in [-0.39, 0.29) is 11.4 Å². The Kier molecular flexibility index (Phi) is 12.1. The molecule has 0 spiro atoms. The van der Waals surface area contributed by atoms with E-state index < -0.39 is 0 Å². The number of para-hydroxylation sites is 1. The third-order valence-electron chi connectivity index (χ3n) is 5.75. The van der Waals surface area contributed by atoms with E-state index in [0.717, 1.165) is 25.7 Å². The fraction of sp³-hybridized carbons (Fsp3) is 0.708. The van der Waals surface area contributed by atoms with Gasteiger partial charge in [-0.3, -0.25) is 4.79 Å². The molecule has 0 radical (unpaired) electrons. The van der Waals surface area contributed by atoms with Crippen molar-refractivity contribution in [3.05, 3.63) is 30.3 Å². The molecule has 0 unspecified atom stereocenters. The number of hydrogen-bond acceptors (Lipinski definition) is 2. The van der Waals surface area contributed by atoms with Crippen LogP contribution < -0.4 is 4.74 Å². The fourth-order valence-electron chi connectivity index (χ4n) is 3.65. The summed E-state index contributed by atoms with van der Waals surface area (Å²) in [5.41, 5.74) is -0.323. The van der Waals surface area contributed by atoms with Crippen LogP contribution in [0.15, 0.2) is 30.3 Å². The van der Waals surface area contributed by atoms with Gasteiger partial charge in [-0.25, -0.2) is 0 Å². The smallest absolute Gasteiger partial charge is 0.317 e. The van der Waals surface area contributed by atoms with E-state index in [4.69, 9.17) is 4.74 Å². The first-order chi connectivity index (χ1) is 12.7. The van der Waals surface area contributed by atoms with Crippen LogP contribution in [0.25, 0.3) is 0 Å². The molecular weight excluding hydrogens is 320 g/mol. The van der Waals surface area contributed by atoms with Crippen molar-refractivity contribution in [2.45, 2.75) is 104 Å². The second-order valence-corrected chi connectivity index (χ2v) is 7.62. The predicted molar refractivity (Wildman–Crippen MR) is 112 cm³/mol. The summed E-state index contributed by atoms with van der Waals surface area (Å²) in [4.78, 5) is 12.8. The highest BCUT2D eigenvalue weighted by molar-refractivity contribution is 5.79. The highest BCUT2D eigenvalue weighted by Gasteiger charge is 2.36. The predicted octanol–water partition coefficient (Wildman–Crippen LogP) is 7.71. The van der Waals surface area contributed by atoms with Crippen LogP contribution >= 0.6 is 0 Å². The van der Waals surface area contributed by atoms with Crippen LogP contribution in [-0.2, 0) is 4.79 Å². The maximum atomic E-state index is 12.8. The first-order valence-electron chi connectivity index (χ1n) is 11.0. The van der Waals surface area contributed by atoms with Gasteiger partial charge in [0.25, 0.3) is 0 Å². The lowest BCUT2D eigenvalue weighted by Crippen LogP contribution is -2.34. The minimum absolute atomic E-state index is 0.0513. The van der Waals surface area contributed by atoms with Gasteiger partial charge in [0, 0.05) is 0 Å². The first-order valence-corrected chi connectivity index (χ1v) is 11.0. The van der Waals surface area contributed by atoms with Crippen molar-refractivity contribution < 1.29 is 9.53 Å². The van der Waals surface area contributed by atoms with E-state index >= 15 is 0 Å². The number of benzene rings is 1. The Balaban J connectivity index is 2.28. The molecule has 0 aliphatic heterocycles. The van der Waals surface area contributed by atoms with E-state index in [2.05, 4.69) is 20.8 Å². The van der Waals surface area contributed by atoms with Crippen molar-refractivity contribution in [2.75, 3.05) is 0 Å². The molecule has 0 heterocycles. The van der Waals surface area contributed by atoms with Crippen LogP contribution in [0.5, 0.6) is 5.75 Å². The molecule has 1 aromatic carbocycles. The Morgan fingerprint density at radius 1 is 0.769 bits per heavy atom. The largest absolute Gasteiger partial charge is 0.426 e. The third-order valence-corrected chi connectivity index (χ3v) is 5.75. The van der Waals surface area contributed by atoms with Gasteiger partial charge in [-0.15, -0.1) is 0 Å². The number of carbonyl (C=O) groups excluding carboxylic acids is 1. The van der Waals surface area contributed by atoms with Crippen LogP contribution in [0.4, 0.5) is 0 Å². The number of hydrogen-bond donors (Lipinski definition) is 0. The lowest BCUT2D eigenvalue weighted by atomic mass is 9.77. The van der Waals surface area contributed by atoms with Crippen molar-refractivity contribution in [2.24, 2.45) is 5.41 Å². The minimum Gasteiger partial charge on any atom is -0.426 e. The van der Waals surface area contributed by atoms with Gasteiger partial charge in [0.1, 0.15) is 5.75 Å². The number of ether oxygens (including phenoxy) is 1. The average Bonchev–Trinajstić information content (AvgIpc) is 2.67. The Hall–Kier alpha value is -1.31. The first kappa shape index (κ1) is 22.7. The number of unbranched alkanes of at least 4 members (excludes halogenated alkanes) is 9. The second kappa shape index (κ2) is 13.8. The zero-order chi connectivity index (χ0) is 19.1. The van der Waals surface area contributed by atoms with Crippen molar-refractivity contribution in [1.29, 1.82) is 0 Å². The summed E-state index contributed by atoms with van der Waals surface area (Å²) >= 11 is 0. The lowest BCUT2D eigenvalue weighted by Gasteiger charge is -2.29. The zero-order valence-electron chi connectivity index (χ0n) is 17.4. The molecule has 0 saturated heterocycles. The molecule has 2 nitrogen and oxygen atoms in total. The van der Waals surface area contributed by atoms with E-state index in [1.165, 1.54) is 57.8 Å². The van der Waals surface area contributed by atoms with Crippen LogP contribution in [0, 0.1) is 5.41 Å². The average molecular weight is 361 g/mol. The Bertz CT molecular complexity index is 462. The molecule has 0 fully saturated rings. The molecule has 0 aromatic heterocycles. The van der Waals surface area contributed by atoms with E-state index in [9.17, 15) is 4.79 Å². The van der Waals surface area contributed by atoms with Crippen molar-refractivity contribution in [3.8, 4) is 5.75 Å². The lowest BCUT2D eigenvalue weighted by molar-refractivity contribution is -0.147. The summed E-state index contributed by atoms with van der Waals surface area (Å²) in [5, 5.41) is 0. The van der Waals surface area contributed by atoms with Crippen LogP contribution in [0.2, 0.25) is 0 Å². The molecular formula is C24H40O2. The van der Waals surface area contributed by atoms with Gasteiger partial charge in [0.05, 0.1) is 5.41 Å². The standard InChI is InChI=1S/C24H40O2/c1-4-7-8-9-10-11-12-13-14-18-21-24(5-2,6-3)23(25)26-22-19-16-15-17-20-22/h15-17,19-20H,4-14,18,21H2,1-3H3. The number of esters is 1. The van der Waals surface area contributed by atoms with Crippen LogP contribution in [0.1, 0.15) is 104 Å². The van der Waals surface area contributed by atoms with Gasteiger partial charge in [0.2, 0.25) is 0 Å². The molecule has 0 aliphatic carbocycles. The second-order valence-electron chi connectivity index (χ2n) is 7.62. The number of carbonyl (C=O) groups is 1. The Labute approximate surface area is 161 Å². The monoisotopic (exact) mass is 360 g/mol. The van der Waals surface area contributed by atoms with E-state index in [0.29, 0.717) is 5.75 Å². The molecule has 0 atom stereocenters. The molecule has 0 N–H and O–H groups in total. The van der Waals surface area contributed by atoms with Crippen molar-refractivity contribution in [1.82, 2.24) is 0 Å². The van der Waals surface area contributed by atoms with Crippen LogP contribution in [-0.4, -0.2) is 5.97 Å². The minimum atomic E-state index is -0.323. The molecule has 0 aliphatic rings. The van der Waals surface area contributed by atoms with Crippen molar-refractivity contribution in [3.63, 3.8) is 0 Å². The fourth-order valence-corrected chi connectivity index (χ4v) is 3.65. The topological polar surface area (TPSA) is 26.3 Å². The highest BCUT2D eigenvalue weighted by atomic mass is 16.5. The Morgan fingerprint density at radius 2 is 1.27 bits per heavy atom. The van der Waals surface area contributed by atoms with E-state index in [1.807, 2.05) is 30.3 Å². The van der Waals surface area contributed by atoms with Gasteiger partial charge in [-0.1, -0.05) is 103 Å². The van der Waals surface area contributed by atoms with Crippen molar-refractivity contribution >= 4 is 5.97 Å². The maximum Gasteiger partial charge on any atom is 0.317 e. The number of rotatable bonds is 15. The molecule has 1 rings (SSSR count). The molecule has 0 amide bonds. The summed E-state index contributed by atoms with van der Waals surface area (Å²) in [6.07, 6.45) is 15.9. The van der Waals surface area contributed by atoms with Gasteiger partial charge in [-0.2, -0.15) is 0 Å². The summed E-state index contributed by atoms with van der Waals surface area (Å²) in [6, 6.07) is 9.46. The molecule has 148 valence electrons. The summed E-state index contributed by atoms with van der Waals surface area (Å²) in [7, 11) is 0. The van der Waals surface area contributed by atoms with E-state index in [1.54, 1.807) is 0 Å². The summed E-state index contributed by atoms with van der Waals surface area (Å²) < 4.78 is 5.67. The SMILES string of the molecule is CCCCCCCCCCCCC(CC)(CC)C(=O)Oc1ccccc1. The van der Waals surface area contributed by atoms with Gasteiger partial charge in [-0.05, 0) is 31.4 Å². The molecule has 26 heavy (non-hydrogen) atoms. The molecule has 0 saturated carbocycles. The quantitative estimate of drug-likeness (QED) is 0.182. The third kappa shape index (κ3) is 8.38. The molecule has 1 aromatic rings. The maximum absolute atomic E-state index is 12.8.